The zero-order valence-corrected chi connectivity index (χ0v) is 7.28. The molecule has 1 atom stereocenters. The van der Waals surface area contributed by atoms with E-state index in [-0.39, 0.29) is 0 Å². The molecule has 0 aromatic rings. The van der Waals surface area contributed by atoms with Gasteiger partial charge in [-0.25, -0.2) is 0 Å². The molecule has 0 aromatic heterocycles. The average molecular weight is 145 g/mol. The van der Waals surface area contributed by atoms with Crippen molar-refractivity contribution in [2.75, 3.05) is 7.05 Å². The van der Waals surface area contributed by atoms with Crippen LogP contribution in [0.4, 0.5) is 0 Å². The fourth-order valence-electron chi connectivity index (χ4n) is 0.844. The summed E-state index contributed by atoms with van der Waals surface area (Å²) >= 11 is 0. The van der Waals surface area contributed by atoms with Gasteiger partial charge >= 0.3 is 0 Å². The molecule has 2 N–H and O–H groups in total. The highest BCUT2D eigenvalue weighted by Gasteiger charge is 2.14. The molecule has 0 aliphatic carbocycles. The first kappa shape index (κ1) is 9.92. The highest BCUT2D eigenvalue weighted by atomic mass is 16.3. The molecule has 0 aliphatic rings. The van der Waals surface area contributed by atoms with Gasteiger partial charge in [0.25, 0.3) is 0 Å². The van der Waals surface area contributed by atoms with Crippen LogP contribution in [0.2, 0.25) is 0 Å². The Morgan fingerprint density at radius 2 is 2.00 bits per heavy atom. The second kappa shape index (κ2) is 4.69. The minimum Gasteiger partial charge on any atom is -0.376 e. The molecule has 0 aromatic carbocycles. The zero-order valence-electron chi connectivity index (χ0n) is 7.28. The van der Waals surface area contributed by atoms with Gasteiger partial charge in [-0.2, -0.15) is 0 Å². The maximum Gasteiger partial charge on any atom is 0.112 e. The highest BCUT2D eigenvalue weighted by molar-refractivity contribution is 4.65. The second-order valence-electron chi connectivity index (χ2n) is 2.98. The Morgan fingerprint density at radius 3 is 2.40 bits per heavy atom. The molecule has 0 saturated heterocycles. The van der Waals surface area contributed by atoms with Crippen LogP contribution in [0.3, 0.4) is 0 Å². The van der Waals surface area contributed by atoms with E-state index in [4.69, 9.17) is 0 Å². The molecule has 1 unspecified atom stereocenters. The van der Waals surface area contributed by atoms with Crippen molar-refractivity contribution < 1.29 is 5.11 Å². The Balaban J connectivity index is 3.28. The Morgan fingerprint density at radius 1 is 1.40 bits per heavy atom. The molecule has 10 heavy (non-hydrogen) atoms. The lowest BCUT2D eigenvalue weighted by Gasteiger charge is -2.21. The van der Waals surface area contributed by atoms with Crippen LogP contribution in [0.25, 0.3) is 0 Å². The molecule has 0 radical (unpaired) electrons. The molecule has 2 heteroatoms. The van der Waals surface area contributed by atoms with Gasteiger partial charge in [0.1, 0.15) is 5.72 Å². The van der Waals surface area contributed by atoms with Crippen LogP contribution in [0, 0.1) is 0 Å². The summed E-state index contributed by atoms with van der Waals surface area (Å²) in [7, 11) is 1.78. The number of hydrogen-bond donors (Lipinski definition) is 2. The van der Waals surface area contributed by atoms with Crippen molar-refractivity contribution in [2.45, 2.75) is 45.3 Å². The maximum absolute atomic E-state index is 9.44. The molecule has 0 aliphatic heterocycles. The van der Waals surface area contributed by atoms with Gasteiger partial charge in [0, 0.05) is 0 Å². The van der Waals surface area contributed by atoms with Gasteiger partial charge in [-0.1, -0.05) is 19.8 Å². The summed E-state index contributed by atoms with van der Waals surface area (Å²) in [6.45, 7) is 3.97. The van der Waals surface area contributed by atoms with E-state index in [0.717, 1.165) is 12.8 Å². The van der Waals surface area contributed by atoms with E-state index in [1.54, 1.807) is 7.05 Å². The van der Waals surface area contributed by atoms with Crippen LogP contribution >= 0.6 is 0 Å². The summed E-state index contributed by atoms with van der Waals surface area (Å²) < 4.78 is 0. The monoisotopic (exact) mass is 145 g/mol. The topological polar surface area (TPSA) is 32.3 Å². The number of rotatable bonds is 5. The lowest BCUT2D eigenvalue weighted by atomic mass is 10.1. The molecule has 62 valence electrons. The average Bonchev–Trinajstić information content (AvgIpc) is 1.89. The molecule has 0 rings (SSSR count). The molecule has 0 bridgehead atoms. The Hall–Kier alpha value is -0.0800. The van der Waals surface area contributed by atoms with Gasteiger partial charge < -0.3 is 5.11 Å². The molecule has 0 heterocycles. The normalized spacial score (nSPS) is 16.8. The van der Waals surface area contributed by atoms with Gasteiger partial charge in [0.15, 0.2) is 0 Å². The first-order chi connectivity index (χ1) is 4.62. The molecule has 0 saturated carbocycles. The van der Waals surface area contributed by atoms with E-state index in [1.165, 1.54) is 12.8 Å². The lowest BCUT2D eigenvalue weighted by molar-refractivity contribution is 0.0211. The van der Waals surface area contributed by atoms with Gasteiger partial charge in [-0.15, -0.1) is 0 Å². The van der Waals surface area contributed by atoms with Crippen LogP contribution in [0.5, 0.6) is 0 Å². The maximum atomic E-state index is 9.44. The van der Waals surface area contributed by atoms with Gasteiger partial charge in [0.2, 0.25) is 0 Å². The van der Waals surface area contributed by atoms with Crippen molar-refractivity contribution in [2.24, 2.45) is 0 Å². The third-order valence-corrected chi connectivity index (χ3v) is 1.81. The zero-order chi connectivity index (χ0) is 8.04. The van der Waals surface area contributed by atoms with E-state index >= 15 is 0 Å². The number of aliphatic hydroxyl groups is 1. The van der Waals surface area contributed by atoms with Crippen molar-refractivity contribution in [3.05, 3.63) is 0 Å². The second-order valence-corrected chi connectivity index (χ2v) is 2.98. The first-order valence-electron chi connectivity index (χ1n) is 4.03. The van der Waals surface area contributed by atoms with E-state index < -0.39 is 5.72 Å². The van der Waals surface area contributed by atoms with Gasteiger partial charge in [0.05, 0.1) is 0 Å². The minimum absolute atomic E-state index is 0.658. The van der Waals surface area contributed by atoms with Crippen molar-refractivity contribution in [3.63, 3.8) is 0 Å². The highest BCUT2D eigenvalue weighted by Crippen LogP contribution is 2.09. The fraction of sp³-hybridized carbons (Fsp3) is 1.00. The Kier molecular flexibility index (Phi) is 4.65. The molecule has 0 fully saturated rings. The van der Waals surface area contributed by atoms with Crippen LogP contribution < -0.4 is 5.32 Å². The smallest absolute Gasteiger partial charge is 0.112 e. The summed E-state index contributed by atoms with van der Waals surface area (Å²) in [5, 5.41) is 12.3. The van der Waals surface area contributed by atoms with E-state index in [0.29, 0.717) is 0 Å². The third kappa shape index (κ3) is 4.77. The third-order valence-electron chi connectivity index (χ3n) is 1.81. The predicted octanol–water partition coefficient (Wildman–Crippen LogP) is 1.49. The van der Waals surface area contributed by atoms with Gasteiger partial charge in [-0.05, 0) is 26.8 Å². The minimum atomic E-state index is -0.658. The standard InChI is InChI=1S/C8H19NO/c1-4-5-6-7-8(2,10)9-3/h9-10H,4-7H2,1-3H3. The van der Waals surface area contributed by atoms with Crippen molar-refractivity contribution >= 4 is 0 Å². The van der Waals surface area contributed by atoms with Crippen molar-refractivity contribution in [1.82, 2.24) is 5.32 Å². The SMILES string of the molecule is CCCCCC(C)(O)NC. The van der Waals surface area contributed by atoms with Crippen LogP contribution in [-0.2, 0) is 0 Å². The summed E-state index contributed by atoms with van der Waals surface area (Å²) in [6, 6.07) is 0. The molecule has 0 amide bonds. The largest absolute Gasteiger partial charge is 0.376 e. The Bertz CT molecular complexity index is 81.3. The van der Waals surface area contributed by atoms with Crippen LogP contribution in [0.1, 0.15) is 39.5 Å². The van der Waals surface area contributed by atoms with E-state index in [1.807, 2.05) is 6.92 Å². The fourth-order valence-corrected chi connectivity index (χ4v) is 0.844. The van der Waals surface area contributed by atoms with Crippen LogP contribution in [0.15, 0.2) is 0 Å². The van der Waals surface area contributed by atoms with E-state index in [9.17, 15) is 5.11 Å². The predicted molar refractivity (Wildman–Crippen MR) is 43.8 cm³/mol. The summed E-state index contributed by atoms with van der Waals surface area (Å²) in [4.78, 5) is 0. The lowest BCUT2D eigenvalue weighted by Crippen LogP contribution is -2.39. The quantitative estimate of drug-likeness (QED) is 0.454. The molecule has 2 nitrogen and oxygen atoms in total. The van der Waals surface area contributed by atoms with Gasteiger partial charge in [-0.3, -0.25) is 5.32 Å². The number of hydrogen-bond acceptors (Lipinski definition) is 2. The molecular weight excluding hydrogens is 126 g/mol. The summed E-state index contributed by atoms with van der Waals surface area (Å²) in [6.07, 6.45) is 4.36. The first-order valence-corrected chi connectivity index (χ1v) is 4.03. The Labute approximate surface area is 63.6 Å². The summed E-state index contributed by atoms with van der Waals surface area (Å²) in [5.41, 5.74) is -0.658. The molecular formula is C8H19NO. The molecule has 0 spiro atoms. The summed E-state index contributed by atoms with van der Waals surface area (Å²) in [5.74, 6) is 0. The van der Waals surface area contributed by atoms with Crippen molar-refractivity contribution in [3.8, 4) is 0 Å². The van der Waals surface area contributed by atoms with Crippen molar-refractivity contribution in [1.29, 1.82) is 0 Å². The number of nitrogens with one attached hydrogen (secondary N) is 1. The van der Waals surface area contributed by atoms with Crippen LogP contribution in [-0.4, -0.2) is 17.9 Å². The number of unbranched alkanes of at least 4 members (excludes halogenated alkanes) is 2. The van der Waals surface area contributed by atoms with E-state index in [2.05, 4.69) is 12.2 Å².